The number of imidazole rings is 1. The third kappa shape index (κ3) is 12.8. The summed E-state index contributed by atoms with van der Waals surface area (Å²) in [6.45, 7) is -0.0730. The number of nitrogens with zero attached hydrogens (tertiary/aromatic N) is 7. The van der Waals surface area contributed by atoms with Crippen LogP contribution < -0.4 is 24.4 Å². The predicted octanol–water partition coefficient (Wildman–Crippen LogP) is 11.1. The Kier molecular flexibility index (Phi) is 17.8. The molecule has 1 aliphatic rings. The van der Waals surface area contributed by atoms with Gasteiger partial charge >= 0.3 is 14.7 Å². The van der Waals surface area contributed by atoms with Crippen LogP contribution in [0.3, 0.4) is 0 Å². The molecule has 1 fully saturated rings. The van der Waals surface area contributed by atoms with E-state index >= 15 is 0 Å². The summed E-state index contributed by atoms with van der Waals surface area (Å²) in [5.74, 6) is 0.489. The van der Waals surface area contributed by atoms with Crippen molar-refractivity contribution in [2.75, 3.05) is 44.3 Å². The standard InChI is InChI=1S/C58H53N8O10P/c1-69-47-29-25-43(26-30-47)58(42-19-9-4-10-20-42,44-27-31-48(70-2)32-28-44)71-39-50-49(76-77(72-35-15-33-59)73-36-16-34-60)38-52(74-50)65-40-61-53-54(65)63-56(62-51(67)37-41-17-7-3-8-18-41)64-55(53)75-57(68)66(45-21-11-5-12-22-45)46-23-13-6-14-24-46/h3-14,17-32,40,49-50,52H,15-16,35-39H2,1-2H3,(H,62,63,64,67)/t49-,50+,52+/m0/s1. The highest BCUT2D eigenvalue weighted by Gasteiger charge is 2.45. The maximum Gasteiger partial charge on any atom is 0.425 e. The molecule has 0 spiro atoms. The van der Waals surface area contributed by atoms with Crippen LogP contribution in [-0.2, 0) is 39.9 Å². The molecule has 6 aromatic carbocycles. The molecular formula is C58H53N8O10P. The van der Waals surface area contributed by atoms with Gasteiger partial charge in [-0.05, 0) is 70.8 Å². The summed E-state index contributed by atoms with van der Waals surface area (Å²) >= 11 is 0. The molecule has 1 saturated heterocycles. The molecule has 19 heteroatoms. The largest absolute Gasteiger partial charge is 0.497 e. The van der Waals surface area contributed by atoms with Crippen LogP contribution in [0.15, 0.2) is 176 Å². The topological polar surface area (TPSA) is 214 Å². The van der Waals surface area contributed by atoms with Gasteiger partial charge in [0, 0.05) is 6.42 Å². The molecule has 390 valence electrons. The van der Waals surface area contributed by atoms with E-state index < -0.39 is 44.6 Å². The minimum Gasteiger partial charge on any atom is -0.497 e. The van der Waals surface area contributed by atoms with Gasteiger partial charge in [-0.15, -0.1) is 0 Å². The van der Waals surface area contributed by atoms with Crippen molar-refractivity contribution in [2.45, 2.75) is 49.7 Å². The van der Waals surface area contributed by atoms with Crippen molar-refractivity contribution in [3.8, 4) is 29.5 Å². The number of para-hydroxylation sites is 2. The predicted molar refractivity (Wildman–Crippen MR) is 286 cm³/mol. The summed E-state index contributed by atoms with van der Waals surface area (Å²) < 4.78 is 52.0. The molecule has 0 aliphatic carbocycles. The van der Waals surface area contributed by atoms with Crippen LogP contribution in [-0.4, -0.2) is 77.8 Å². The first-order valence-electron chi connectivity index (χ1n) is 24.6. The van der Waals surface area contributed by atoms with Crippen LogP contribution in [0.4, 0.5) is 22.1 Å². The highest BCUT2D eigenvalue weighted by molar-refractivity contribution is 7.41. The van der Waals surface area contributed by atoms with Gasteiger partial charge in [0.25, 0.3) is 5.88 Å². The van der Waals surface area contributed by atoms with Gasteiger partial charge in [0.2, 0.25) is 11.9 Å². The van der Waals surface area contributed by atoms with E-state index in [9.17, 15) is 20.1 Å². The van der Waals surface area contributed by atoms with Crippen LogP contribution >= 0.6 is 8.60 Å². The van der Waals surface area contributed by atoms with Gasteiger partial charge in [-0.1, -0.05) is 121 Å². The van der Waals surface area contributed by atoms with E-state index in [-0.39, 0.29) is 68.5 Å². The third-order valence-electron chi connectivity index (χ3n) is 12.4. The second-order valence-electron chi connectivity index (χ2n) is 17.3. The summed E-state index contributed by atoms with van der Waals surface area (Å²) in [4.78, 5) is 43.6. The van der Waals surface area contributed by atoms with Crippen molar-refractivity contribution in [2.24, 2.45) is 0 Å². The average Bonchev–Trinajstić information content (AvgIpc) is 4.15. The number of aromatic nitrogens is 4. The minimum absolute atomic E-state index is 0.00618. The van der Waals surface area contributed by atoms with E-state index in [4.69, 9.17) is 47.2 Å². The fourth-order valence-electron chi connectivity index (χ4n) is 8.77. The van der Waals surface area contributed by atoms with Crippen molar-refractivity contribution in [3.63, 3.8) is 0 Å². The van der Waals surface area contributed by atoms with Crippen LogP contribution in [0.25, 0.3) is 11.2 Å². The summed E-state index contributed by atoms with van der Waals surface area (Å²) in [5.41, 5.74) is 3.17. The number of nitrogens with one attached hydrogen (secondary N) is 1. The van der Waals surface area contributed by atoms with Crippen LogP contribution in [0.1, 0.15) is 47.7 Å². The van der Waals surface area contributed by atoms with Crippen molar-refractivity contribution in [1.29, 1.82) is 10.5 Å². The molecule has 2 aromatic heterocycles. The van der Waals surface area contributed by atoms with Gasteiger partial charge in [0.05, 0.1) is 89.2 Å². The van der Waals surface area contributed by atoms with Crippen molar-refractivity contribution < 1.29 is 46.8 Å². The summed E-state index contributed by atoms with van der Waals surface area (Å²) in [6, 6.07) is 56.4. The number of hydrogen-bond donors (Lipinski definition) is 1. The van der Waals surface area contributed by atoms with E-state index in [0.717, 1.165) is 22.3 Å². The molecule has 3 atom stereocenters. The zero-order valence-corrected chi connectivity index (χ0v) is 43.0. The van der Waals surface area contributed by atoms with E-state index in [0.29, 0.717) is 22.9 Å². The molecule has 77 heavy (non-hydrogen) atoms. The molecule has 0 radical (unpaired) electrons. The lowest BCUT2D eigenvalue weighted by Gasteiger charge is -2.37. The van der Waals surface area contributed by atoms with Crippen LogP contribution in [0, 0.1) is 22.7 Å². The Morgan fingerprint density at radius 1 is 0.727 bits per heavy atom. The molecule has 2 amide bonds. The lowest BCUT2D eigenvalue weighted by molar-refractivity contribution is -0.115. The zero-order valence-electron chi connectivity index (χ0n) is 42.1. The molecule has 18 nitrogen and oxygen atoms in total. The zero-order chi connectivity index (χ0) is 53.4. The molecule has 1 aliphatic heterocycles. The SMILES string of the molecule is COc1ccc(C(OC[C@H]2O[C@@H](n3cnc4c(OC(=O)N(c5ccccc5)c5ccccc5)nc(NC(=O)Cc5ccccc5)nc43)C[C@@H]2OP(OCCC#N)OCCC#N)(c2ccccc2)c2ccc(OC)cc2)cc1. The molecule has 8 aromatic rings. The first-order valence-corrected chi connectivity index (χ1v) is 25.7. The number of hydrogen-bond acceptors (Lipinski definition) is 15. The molecule has 1 N–H and O–H groups in total. The second kappa shape index (κ2) is 25.8. The number of benzene rings is 6. The van der Waals surface area contributed by atoms with Crippen molar-refractivity contribution in [3.05, 3.63) is 198 Å². The number of fused-ring (bicyclic) bond motifs is 1. The summed E-state index contributed by atoms with van der Waals surface area (Å²) in [7, 11) is 1.07. The number of carbonyl (C=O) groups is 2. The van der Waals surface area contributed by atoms with E-state index in [1.807, 2.05) is 121 Å². The lowest BCUT2D eigenvalue weighted by atomic mass is 9.80. The Bertz CT molecular complexity index is 3190. The number of nitriles is 2. The number of amides is 2. The van der Waals surface area contributed by atoms with Gasteiger partial charge in [-0.3, -0.25) is 14.7 Å². The van der Waals surface area contributed by atoms with E-state index in [2.05, 4.69) is 22.4 Å². The number of rotatable bonds is 23. The fourth-order valence-corrected chi connectivity index (χ4v) is 9.89. The van der Waals surface area contributed by atoms with E-state index in [1.54, 1.807) is 67.3 Å². The molecule has 9 rings (SSSR count). The first kappa shape index (κ1) is 53.3. The first-order chi connectivity index (χ1) is 37.8. The monoisotopic (exact) mass is 1050 g/mol. The Labute approximate surface area is 446 Å². The summed E-state index contributed by atoms with van der Waals surface area (Å²) in [6.07, 6.45) is -1.62. The van der Waals surface area contributed by atoms with Crippen LogP contribution in [0.5, 0.6) is 17.4 Å². The normalized spacial score (nSPS) is 15.1. The smallest absolute Gasteiger partial charge is 0.425 e. The second-order valence-corrected chi connectivity index (χ2v) is 18.5. The number of anilines is 3. The minimum atomic E-state index is -2.14. The van der Waals surface area contributed by atoms with Crippen molar-refractivity contribution >= 4 is 49.1 Å². The van der Waals surface area contributed by atoms with Gasteiger partial charge in [-0.2, -0.15) is 20.5 Å². The summed E-state index contributed by atoms with van der Waals surface area (Å²) in [5, 5.41) is 21.6. The van der Waals surface area contributed by atoms with Crippen molar-refractivity contribution in [1.82, 2.24) is 19.5 Å². The lowest BCUT2D eigenvalue weighted by Crippen LogP contribution is -2.38. The average molecular weight is 1050 g/mol. The number of methoxy groups -OCH3 is 2. The quantitative estimate of drug-likeness (QED) is 0.0358. The highest BCUT2D eigenvalue weighted by atomic mass is 31.2. The van der Waals surface area contributed by atoms with Gasteiger partial charge in [0.1, 0.15) is 29.4 Å². The fraction of sp³-hybridized carbons (Fsp3) is 0.224. The number of carbonyl (C=O) groups excluding carboxylic acids is 2. The highest BCUT2D eigenvalue weighted by Crippen LogP contribution is 2.48. The third-order valence-corrected chi connectivity index (χ3v) is 13.6. The Morgan fingerprint density at radius 2 is 1.26 bits per heavy atom. The van der Waals surface area contributed by atoms with Gasteiger partial charge in [0.15, 0.2) is 11.2 Å². The Morgan fingerprint density at radius 3 is 1.81 bits per heavy atom. The Hall–Kier alpha value is -8.58. The maximum absolute atomic E-state index is 14.5. The van der Waals surface area contributed by atoms with Gasteiger partial charge in [-0.25, -0.2) is 14.7 Å². The molecule has 3 heterocycles. The molecule has 0 saturated carbocycles. The molecular weight excluding hydrogens is 1000 g/mol. The number of ether oxygens (including phenoxy) is 5. The Balaban J connectivity index is 1.12. The van der Waals surface area contributed by atoms with Gasteiger partial charge < -0.3 is 37.3 Å². The van der Waals surface area contributed by atoms with E-state index in [1.165, 1.54) is 11.2 Å². The molecule has 0 bridgehead atoms. The maximum atomic E-state index is 14.5. The van der Waals surface area contributed by atoms with Crippen LogP contribution in [0.2, 0.25) is 0 Å². The molecule has 0 unspecified atom stereocenters.